The van der Waals surface area contributed by atoms with Gasteiger partial charge in [0.25, 0.3) is 0 Å². The summed E-state index contributed by atoms with van der Waals surface area (Å²) in [6, 6.07) is 4.71. The van der Waals surface area contributed by atoms with Crippen LogP contribution in [-0.4, -0.2) is 21.6 Å². The van der Waals surface area contributed by atoms with Gasteiger partial charge in [-0.05, 0) is 18.2 Å². The second-order valence-corrected chi connectivity index (χ2v) is 5.78. The van der Waals surface area contributed by atoms with Gasteiger partial charge in [0.05, 0.1) is 5.52 Å². The van der Waals surface area contributed by atoms with Crippen LogP contribution in [0.25, 0.3) is 16.0 Å². The van der Waals surface area contributed by atoms with Gasteiger partial charge in [0.15, 0.2) is 10.8 Å². The zero-order valence-electron chi connectivity index (χ0n) is 11.5. The molecule has 23 heavy (non-hydrogen) atoms. The van der Waals surface area contributed by atoms with Crippen LogP contribution in [0, 0.1) is 0 Å². The Morgan fingerprint density at radius 3 is 2.65 bits per heavy atom. The maximum atomic E-state index is 12.7. The zero-order valence-corrected chi connectivity index (χ0v) is 13.1. The van der Waals surface area contributed by atoms with E-state index in [1.807, 2.05) is 0 Å². The number of aromatic nitrogens is 3. The lowest BCUT2D eigenvalue weighted by Gasteiger charge is -2.10. The lowest BCUT2D eigenvalue weighted by atomic mass is 10.2. The average Bonchev–Trinajstić information content (AvgIpc) is 2.95. The third-order valence-electron chi connectivity index (χ3n) is 3.07. The highest BCUT2D eigenvalue weighted by molar-refractivity contribution is 7.12. The van der Waals surface area contributed by atoms with E-state index >= 15 is 0 Å². The van der Waals surface area contributed by atoms with Gasteiger partial charge in [-0.3, -0.25) is 0 Å². The Kier molecular flexibility index (Phi) is 3.77. The number of hydrogen-bond donors (Lipinski definition) is 1. The smallest absolute Gasteiger partial charge is 0.372 e. The Morgan fingerprint density at radius 2 is 2.04 bits per heavy atom. The maximum absolute atomic E-state index is 12.7. The fraction of sp³-hybridized carbons (Fsp3) is 0.154. The summed E-state index contributed by atoms with van der Waals surface area (Å²) in [5, 5.41) is 4.39. The minimum absolute atomic E-state index is 0.121. The molecule has 0 saturated heterocycles. The highest BCUT2D eigenvalue weighted by atomic mass is 35.5. The molecule has 5 nitrogen and oxygen atoms in total. The minimum Gasteiger partial charge on any atom is -0.372 e. The third-order valence-corrected chi connectivity index (χ3v) is 4.13. The summed E-state index contributed by atoms with van der Waals surface area (Å²) in [5.41, 5.74) is -1.48. The van der Waals surface area contributed by atoms with Crippen LogP contribution < -0.4 is 11.0 Å². The van der Waals surface area contributed by atoms with Crippen LogP contribution >= 0.6 is 22.9 Å². The molecule has 0 aliphatic rings. The second kappa shape index (κ2) is 5.50. The van der Waals surface area contributed by atoms with Crippen LogP contribution in [0.1, 0.15) is 5.69 Å². The molecule has 0 amide bonds. The minimum atomic E-state index is -4.58. The van der Waals surface area contributed by atoms with Crippen molar-refractivity contribution in [3.63, 3.8) is 0 Å². The fourth-order valence-corrected chi connectivity index (χ4v) is 3.07. The molecule has 2 aromatic heterocycles. The van der Waals surface area contributed by atoms with Gasteiger partial charge in [0.2, 0.25) is 0 Å². The summed E-state index contributed by atoms with van der Waals surface area (Å²) >= 11 is 6.66. The molecule has 2 heterocycles. The summed E-state index contributed by atoms with van der Waals surface area (Å²) in [6.07, 6.45) is -4.58. The Balaban J connectivity index is 2.33. The molecule has 0 fully saturated rings. The van der Waals surface area contributed by atoms with Gasteiger partial charge in [-0.2, -0.15) is 18.2 Å². The molecule has 0 unspecified atom stereocenters. The van der Waals surface area contributed by atoms with Gasteiger partial charge >= 0.3 is 11.9 Å². The van der Waals surface area contributed by atoms with E-state index in [2.05, 4.69) is 15.3 Å². The number of nitrogens with one attached hydrogen (secondary N) is 1. The lowest BCUT2D eigenvalue weighted by molar-refractivity contribution is -0.140. The van der Waals surface area contributed by atoms with Crippen molar-refractivity contribution in [1.82, 2.24) is 14.5 Å². The number of rotatable bonds is 2. The number of hydrogen-bond acceptors (Lipinski definition) is 5. The van der Waals surface area contributed by atoms with E-state index < -0.39 is 17.6 Å². The summed E-state index contributed by atoms with van der Waals surface area (Å²) in [5.74, 6) is 0.311. The predicted octanol–water partition coefficient (Wildman–Crippen LogP) is 3.56. The molecular formula is C13H8ClF3N4OS. The molecule has 1 aromatic carbocycles. The van der Waals surface area contributed by atoms with Crippen molar-refractivity contribution in [3.05, 3.63) is 44.8 Å². The van der Waals surface area contributed by atoms with Crippen molar-refractivity contribution < 1.29 is 13.2 Å². The number of anilines is 1. The van der Waals surface area contributed by atoms with Gasteiger partial charge in [-0.25, -0.2) is 14.3 Å². The van der Waals surface area contributed by atoms with Gasteiger partial charge in [0.1, 0.15) is 5.82 Å². The SMILES string of the molecule is CNc1nc(=O)n(-c2nc(C(F)(F)F)cs2)c2cc(Cl)ccc12. The molecule has 0 spiro atoms. The topological polar surface area (TPSA) is 59.8 Å². The van der Waals surface area contributed by atoms with E-state index in [-0.39, 0.29) is 5.13 Å². The van der Waals surface area contributed by atoms with Crippen LogP contribution in [0.5, 0.6) is 0 Å². The Hall–Kier alpha value is -2.13. The summed E-state index contributed by atoms with van der Waals surface area (Å²) in [7, 11) is 1.59. The van der Waals surface area contributed by atoms with Gasteiger partial charge in [-0.15, -0.1) is 11.3 Å². The van der Waals surface area contributed by atoms with Gasteiger partial charge in [0, 0.05) is 22.8 Å². The number of alkyl halides is 3. The van der Waals surface area contributed by atoms with Gasteiger partial charge in [-0.1, -0.05) is 11.6 Å². The van der Waals surface area contributed by atoms with Crippen molar-refractivity contribution in [2.75, 3.05) is 12.4 Å². The van der Waals surface area contributed by atoms with Crippen LogP contribution in [0.2, 0.25) is 5.02 Å². The molecule has 0 bridgehead atoms. The summed E-state index contributed by atoms with van der Waals surface area (Å²) in [4.78, 5) is 19.6. The molecule has 10 heteroatoms. The molecule has 0 saturated carbocycles. The first-order valence-electron chi connectivity index (χ1n) is 6.24. The summed E-state index contributed by atoms with van der Waals surface area (Å²) < 4.78 is 39.2. The molecule has 120 valence electrons. The van der Waals surface area contributed by atoms with Crippen molar-refractivity contribution in [2.24, 2.45) is 0 Å². The van der Waals surface area contributed by atoms with Crippen LogP contribution in [-0.2, 0) is 6.18 Å². The third kappa shape index (κ3) is 2.77. The first-order chi connectivity index (χ1) is 10.8. The van der Waals surface area contributed by atoms with E-state index in [1.54, 1.807) is 19.2 Å². The molecule has 0 aliphatic carbocycles. The van der Waals surface area contributed by atoms with E-state index in [1.165, 1.54) is 6.07 Å². The fourth-order valence-electron chi connectivity index (χ4n) is 2.07. The van der Waals surface area contributed by atoms with E-state index in [0.717, 1.165) is 9.95 Å². The van der Waals surface area contributed by atoms with Crippen LogP contribution in [0.3, 0.4) is 0 Å². The number of halogens is 4. The molecule has 0 atom stereocenters. The standard InChI is InChI=1S/C13H8ClF3N4OS/c1-18-10-7-3-2-6(14)4-8(7)21(11(22)20-10)12-19-9(5-23-12)13(15,16)17/h2-5H,1H3,(H,18,20,22). The summed E-state index contributed by atoms with van der Waals surface area (Å²) in [6.45, 7) is 0. The van der Waals surface area contributed by atoms with Gasteiger partial charge < -0.3 is 5.32 Å². The molecule has 3 rings (SSSR count). The highest BCUT2D eigenvalue weighted by Crippen LogP contribution is 2.32. The first kappa shape index (κ1) is 15.8. The molecule has 1 N–H and O–H groups in total. The monoisotopic (exact) mass is 360 g/mol. The number of thiazole rings is 1. The molecule has 3 aromatic rings. The first-order valence-corrected chi connectivity index (χ1v) is 7.50. The number of benzene rings is 1. The van der Waals surface area contributed by atoms with Crippen molar-refractivity contribution in [3.8, 4) is 5.13 Å². The van der Waals surface area contributed by atoms with Crippen molar-refractivity contribution >= 4 is 39.7 Å². The highest BCUT2D eigenvalue weighted by Gasteiger charge is 2.34. The molecule has 0 radical (unpaired) electrons. The van der Waals surface area contributed by atoms with Crippen LogP contribution in [0.15, 0.2) is 28.4 Å². The molecule has 0 aliphatic heterocycles. The largest absolute Gasteiger partial charge is 0.434 e. The van der Waals surface area contributed by atoms with E-state index in [9.17, 15) is 18.0 Å². The lowest BCUT2D eigenvalue weighted by Crippen LogP contribution is -2.23. The Bertz CT molecular complexity index is 951. The number of fused-ring (bicyclic) bond motifs is 1. The van der Waals surface area contributed by atoms with E-state index in [4.69, 9.17) is 11.6 Å². The zero-order chi connectivity index (χ0) is 16.8. The maximum Gasteiger partial charge on any atom is 0.434 e. The Morgan fingerprint density at radius 1 is 1.30 bits per heavy atom. The number of nitrogens with zero attached hydrogens (tertiary/aromatic N) is 3. The molecular weight excluding hydrogens is 353 g/mol. The Labute approximate surface area is 136 Å². The van der Waals surface area contributed by atoms with E-state index in [0.29, 0.717) is 33.1 Å². The second-order valence-electron chi connectivity index (χ2n) is 4.50. The van der Waals surface area contributed by atoms with Crippen molar-refractivity contribution in [2.45, 2.75) is 6.18 Å². The quantitative estimate of drug-likeness (QED) is 0.759. The average molecular weight is 361 g/mol. The van der Waals surface area contributed by atoms with Crippen molar-refractivity contribution in [1.29, 1.82) is 0 Å². The predicted molar refractivity (Wildman–Crippen MR) is 82.6 cm³/mol. The van der Waals surface area contributed by atoms with Crippen LogP contribution in [0.4, 0.5) is 19.0 Å². The normalized spacial score (nSPS) is 11.9.